The van der Waals surface area contributed by atoms with Gasteiger partial charge >= 0.3 is 6.18 Å². The summed E-state index contributed by atoms with van der Waals surface area (Å²) in [7, 11) is 0. The van der Waals surface area contributed by atoms with Crippen molar-refractivity contribution in [1.29, 1.82) is 0 Å². The molecule has 0 aromatic rings. The van der Waals surface area contributed by atoms with Gasteiger partial charge in [-0.25, -0.2) is 0 Å². The van der Waals surface area contributed by atoms with Crippen molar-refractivity contribution in [3.05, 3.63) is 0 Å². The van der Waals surface area contributed by atoms with Crippen molar-refractivity contribution < 1.29 is 13.2 Å². The van der Waals surface area contributed by atoms with Gasteiger partial charge in [0.15, 0.2) is 0 Å². The molecule has 0 atom stereocenters. The topological polar surface area (TPSA) is 12.0 Å². The predicted molar refractivity (Wildman–Crippen MR) is 53.1 cm³/mol. The Bertz CT molecular complexity index is 157. The molecule has 0 saturated carbocycles. The summed E-state index contributed by atoms with van der Waals surface area (Å²) in [6.07, 6.45) is -4.81. The highest BCUT2D eigenvalue weighted by atomic mass is 35.5. The molecule has 0 spiro atoms. The smallest absolute Gasteiger partial charge is 0.309 e. The van der Waals surface area contributed by atoms with Crippen LogP contribution in [0.1, 0.15) is 19.8 Å². The lowest BCUT2D eigenvalue weighted by atomic mass is 10.1. The fourth-order valence-corrected chi connectivity index (χ4v) is 1.28. The monoisotopic (exact) mass is 251 g/mol. The Morgan fingerprint density at radius 3 is 2.00 bits per heavy atom. The van der Waals surface area contributed by atoms with Crippen molar-refractivity contribution in [2.24, 2.45) is 0 Å². The minimum Gasteiger partial charge on any atom is -0.309 e. The lowest BCUT2D eigenvalue weighted by molar-refractivity contribution is -0.135. The minimum absolute atomic E-state index is 0.0485. The molecule has 0 radical (unpaired) electrons. The van der Waals surface area contributed by atoms with Gasteiger partial charge < -0.3 is 5.32 Å². The number of hydrogen-bond acceptors (Lipinski definition) is 1. The number of halogens is 5. The van der Waals surface area contributed by atoms with Crippen molar-refractivity contribution >= 4 is 23.2 Å². The second kappa shape index (κ2) is 6.03. The Morgan fingerprint density at radius 1 is 1.14 bits per heavy atom. The van der Waals surface area contributed by atoms with E-state index in [9.17, 15) is 13.2 Å². The summed E-state index contributed by atoms with van der Waals surface area (Å²) >= 11 is 11.2. The first-order chi connectivity index (χ1) is 6.33. The minimum atomic E-state index is -4.08. The van der Waals surface area contributed by atoms with E-state index in [1.165, 1.54) is 0 Å². The van der Waals surface area contributed by atoms with Crippen LogP contribution in [-0.4, -0.2) is 30.0 Å². The molecular formula is C8H14Cl2F3N. The van der Waals surface area contributed by atoms with Crippen LogP contribution >= 0.6 is 23.2 Å². The van der Waals surface area contributed by atoms with Gasteiger partial charge in [-0.05, 0) is 19.9 Å². The Kier molecular flexibility index (Phi) is 6.17. The van der Waals surface area contributed by atoms with Crippen molar-refractivity contribution in [1.82, 2.24) is 5.32 Å². The SMILES string of the molecule is CC(CCl)(CCl)NCCCC(F)(F)F. The normalized spacial score (nSPS) is 13.3. The van der Waals surface area contributed by atoms with Crippen LogP contribution in [0.25, 0.3) is 0 Å². The molecule has 0 saturated heterocycles. The molecule has 86 valence electrons. The molecule has 6 heteroatoms. The maximum absolute atomic E-state index is 11.8. The molecule has 0 unspecified atom stereocenters. The highest BCUT2D eigenvalue weighted by molar-refractivity contribution is 6.22. The molecule has 0 heterocycles. The summed E-state index contributed by atoms with van der Waals surface area (Å²) in [5.41, 5.74) is -0.477. The lowest BCUT2D eigenvalue weighted by Gasteiger charge is -2.26. The van der Waals surface area contributed by atoms with E-state index in [0.717, 1.165) is 0 Å². The molecule has 0 aliphatic heterocycles. The number of nitrogens with one attached hydrogen (secondary N) is 1. The summed E-state index contributed by atoms with van der Waals surface area (Å²) in [6.45, 7) is 2.05. The Balaban J connectivity index is 3.63. The maximum atomic E-state index is 11.8. The fraction of sp³-hybridized carbons (Fsp3) is 1.00. The van der Waals surface area contributed by atoms with E-state index >= 15 is 0 Å². The third-order valence-corrected chi connectivity index (χ3v) is 2.96. The molecule has 0 amide bonds. The van der Waals surface area contributed by atoms with Crippen molar-refractivity contribution in [2.45, 2.75) is 31.5 Å². The van der Waals surface area contributed by atoms with E-state index in [0.29, 0.717) is 0 Å². The average Bonchev–Trinajstić information content (AvgIpc) is 2.11. The highest BCUT2D eigenvalue weighted by Gasteiger charge is 2.27. The molecule has 0 aromatic heterocycles. The number of alkyl halides is 5. The molecule has 0 aromatic carbocycles. The number of hydrogen-bond donors (Lipinski definition) is 1. The zero-order chi connectivity index (χ0) is 11.2. The lowest BCUT2D eigenvalue weighted by Crippen LogP contribution is -2.46. The first-order valence-electron chi connectivity index (χ1n) is 4.27. The summed E-state index contributed by atoms with van der Waals surface area (Å²) in [4.78, 5) is 0. The van der Waals surface area contributed by atoms with Gasteiger partial charge in [0.1, 0.15) is 0 Å². The third kappa shape index (κ3) is 6.74. The Morgan fingerprint density at radius 2 is 1.64 bits per heavy atom. The van der Waals surface area contributed by atoms with Gasteiger partial charge in [0.05, 0.1) is 0 Å². The Hall–Kier alpha value is 0.330. The van der Waals surface area contributed by atoms with Gasteiger partial charge in [-0.2, -0.15) is 13.2 Å². The van der Waals surface area contributed by atoms with E-state index in [-0.39, 0.29) is 24.7 Å². The first-order valence-corrected chi connectivity index (χ1v) is 5.33. The Labute approximate surface area is 91.9 Å². The van der Waals surface area contributed by atoms with Gasteiger partial charge in [-0.3, -0.25) is 0 Å². The van der Waals surface area contributed by atoms with Crippen molar-refractivity contribution in [3.63, 3.8) is 0 Å². The van der Waals surface area contributed by atoms with Crippen molar-refractivity contribution in [3.8, 4) is 0 Å². The van der Waals surface area contributed by atoms with Crippen LogP contribution in [0.2, 0.25) is 0 Å². The van der Waals surface area contributed by atoms with Gasteiger partial charge in [-0.15, -0.1) is 23.2 Å². The maximum Gasteiger partial charge on any atom is 0.389 e. The van der Waals surface area contributed by atoms with Gasteiger partial charge in [0.25, 0.3) is 0 Å². The molecule has 0 bridgehead atoms. The van der Waals surface area contributed by atoms with E-state index in [4.69, 9.17) is 23.2 Å². The van der Waals surface area contributed by atoms with Gasteiger partial charge in [0, 0.05) is 23.7 Å². The van der Waals surface area contributed by atoms with E-state index < -0.39 is 18.1 Å². The first kappa shape index (κ1) is 14.3. The van der Waals surface area contributed by atoms with Crippen LogP contribution in [0.5, 0.6) is 0 Å². The molecule has 0 aliphatic carbocycles. The van der Waals surface area contributed by atoms with Crippen LogP contribution in [0.15, 0.2) is 0 Å². The molecule has 0 fully saturated rings. The zero-order valence-corrected chi connectivity index (χ0v) is 9.44. The summed E-state index contributed by atoms with van der Waals surface area (Å²) in [5.74, 6) is 0.561. The summed E-state index contributed by atoms with van der Waals surface area (Å²) < 4.78 is 35.3. The summed E-state index contributed by atoms with van der Waals surface area (Å²) in [6, 6.07) is 0. The van der Waals surface area contributed by atoms with Crippen LogP contribution < -0.4 is 5.32 Å². The molecule has 0 aliphatic rings. The molecule has 0 rings (SSSR count). The largest absolute Gasteiger partial charge is 0.389 e. The molecule has 1 N–H and O–H groups in total. The number of rotatable bonds is 6. The third-order valence-electron chi connectivity index (χ3n) is 1.78. The highest BCUT2D eigenvalue weighted by Crippen LogP contribution is 2.21. The van der Waals surface area contributed by atoms with Crippen LogP contribution in [0.4, 0.5) is 13.2 Å². The predicted octanol–water partition coefficient (Wildman–Crippen LogP) is 3.15. The van der Waals surface area contributed by atoms with Crippen LogP contribution in [0.3, 0.4) is 0 Å². The van der Waals surface area contributed by atoms with Gasteiger partial charge in [0.2, 0.25) is 0 Å². The second-order valence-electron chi connectivity index (χ2n) is 3.47. The van der Waals surface area contributed by atoms with Crippen LogP contribution in [-0.2, 0) is 0 Å². The molecule has 14 heavy (non-hydrogen) atoms. The quantitative estimate of drug-likeness (QED) is 0.565. The molecular weight excluding hydrogens is 238 g/mol. The zero-order valence-electron chi connectivity index (χ0n) is 7.93. The van der Waals surface area contributed by atoms with E-state index in [2.05, 4.69) is 5.32 Å². The average molecular weight is 252 g/mol. The standard InChI is InChI=1S/C8H14Cl2F3N/c1-7(5-9,6-10)14-4-2-3-8(11,12)13/h14H,2-6H2,1H3. The van der Waals surface area contributed by atoms with E-state index in [1.807, 2.05) is 0 Å². The second-order valence-corrected chi connectivity index (χ2v) is 4.01. The van der Waals surface area contributed by atoms with Crippen LogP contribution in [0, 0.1) is 0 Å². The van der Waals surface area contributed by atoms with Crippen molar-refractivity contribution in [2.75, 3.05) is 18.3 Å². The van der Waals surface area contributed by atoms with Gasteiger partial charge in [-0.1, -0.05) is 0 Å². The molecule has 1 nitrogen and oxygen atoms in total. The fourth-order valence-electron chi connectivity index (χ4n) is 0.809. The van der Waals surface area contributed by atoms with E-state index in [1.54, 1.807) is 6.92 Å². The summed E-state index contributed by atoms with van der Waals surface area (Å²) in [5, 5.41) is 2.90.